The molecule has 0 radical (unpaired) electrons. The van der Waals surface area contributed by atoms with Gasteiger partial charge in [-0.15, -0.1) is 0 Å². The van der Waals surface area contributed by atoms with Crippen LogP contribution in [0.25, 0.3) is 11.0 Å². The van der Waals surface area contributed by atoms with Crippen molar-refractivity contribution < 1.29 is 17.6 Å². The van der Waals surface area contributed by atoms with Crippen LogP contribution < -0.4 is 16.2 Å². The number of halogens is 3. The Labute approximate surface area is 242 Å². The summed E-state index contributed by atoms with van der Waals surface area (Å²) in [6.07, 6.45) is -0.624. The van der Waals surface area contributed by atoms with Crippen molar-refractivity contribution in [3.8, 4) is 12.0 Å². The van der Waals surface area contributed by atoms with E-state index in [0.29, 0.717) is 24.4 Å². The number of nitrogens with zero attached hydrogens (tertiary/aromatic N) is 4. The van der Waals surface area contributed by atoms with Gasteiger partial charge in [0, 0.05) is 48.5 Å². The van der Waals surface area contributed by atoms with E-state index in [0.717, 1.165) is 31.6 Å². The van der Waals surface area contributed by atoms with E-state index in [1.165, 1.54) is 22.5 Å². The molecule has 0 bridgehead atoms. The van der Waals surface area contributed by atoms with Gasteiger partial charge in [0.05, 0.1) is 18.4 Å². The van der Waals surface area contributed by atoms with Crippen molar-refractivity contribution in [2.75, 3.05) is 31.5 Å². The van der Waals surface area contributed by atoms with Crippen LogP contribution in [-0.4, -0.2) is 51.8 Å². The van der Waals surface area contributed by atoms with Crippen molar-refractivity contribution in [1.29, 1.82) is 0 Å². The van der Waals surface area contributed by atoms with Crippen molar-refractivity contribution in [1.82, 2.24) is 24.8 Å². The Kier molecular flexibility index (Phi) is 8.83. The van der Waals surface area contributed by atoms with E-state index in [-0.39, 0.29) is 35.0 Å². The molecule has 5 rings (SSSR count). The van der Waals surface area contributed by atoms with Crippen LogP contribution in [0.1, 0.15) is 55.1 Å². The number of hydrogen-bond acceptors (Lipinski definition) is 7. The second kappa shape index (κ2) is 12.7. The number of piperidine rings is 1. The molecule has 42 heavy (non-hydrogen) atoms. The fraction of sp³-hybridized carbons (Fsp3) is 0.387. The van der Waals surface area contributed by atoms with Gasteiger partial charge in [-0.25, -0.2) is 4.98 Å². The summed E-state index contributed by atoms with van der Waals surface area (Å²) >= 11 is 0. The van der Waals surface area contributed by atoms with Gasteiger partial charge in [0.2, 0.25) is 5.95 Å². The van der Waals surface area contributed by atoms with Gasteiger partial charge in [0.15, 0.2) is 0 Å². The third kappa shape index (κ3) is 6.94. The van der Waals surface area contributed by atoms with E-state index in [4.69, 9.17) is 4.42 Å². The summed E-state index contributed by atoms with van der Waals surface area (Å²) in [6.45, 7) is 7.12. The number of nitrogens with one attached hydrogen (secondary N) is 2. The van der Waals surface area contributed by atoms with Crippen molar-refractivity contribution in [3.63, 3.8) is 0 Å². The van der Waals surface area contributed by atoms with Crippen LogP contribution in [0.5, 0.6) is 0 Å². The van der Waals surface area contributed by atoms with Crippen LogP contribution in [-0.2, 0) is 13.0 Å². The predicted molar refractivity (Wildman–Crippen MR) is 156 cm³/mol. The molecule has 0 aliphatic carbocycles. The monoisotopic (exact) mass is 578 g/mol. The van der Waals surface area contributed by atoms with Crippen molar-refractivity contribution in [3.05, 3.63) is 81.7 Å². The van der Waals surface area contributed by atoms with Gasteiger partial charge in [-0.05, 0) is 74.9 Å². The minimum atomic E-state index is -4.46. The Balaban J connectivity index is 1.51. The molecular weight excluding hydrogens is 545 g/mol. The summed E-state index contributed by atoms with van der Waals surface area (Å²) in [6, 6.07) is 14.1. The minimum Gasteiger partial charge on any atom is -0.469 e. The Bertz CT molecular complexity index is 1640. The molecule has 220 valence electrons. The summed E-state index contributed by atoms with van der Waals surface area (Å²) < 4.78 is 46.0. The van der Waals surface area contributed by atoms with Gasteiger partial charge in [-0.2, -0.15) is 18.2 Å². The number of rotatable bonds is 8. The average Bonchev–Trinajstić information content (AvgIpc) is 3.41. The van der Waals surface area contributed by atoms with Crippen LogP contribution in [0, 0.1) is 12.0 Å². The van der Waals surface area contributed by atoms with Gasteiger partial charge in [0.25, 0.3) is 5.56 Å². The highest BCUT2D eigenvalue weighted by Gasteiger charge is 2.31. The third-order valence-corrected chi connectivity index (χ3v) is 7.40. The smallest absolute Gasteiger partial charge is 0.396 e. The highest BCUT2D eigenvalue weighted by Crippen LogP contribution is 2.27. The number of anilines is 2. The minimum absolute atomic E-state index is 0.168. The van der Waals surface area contributed by atoms with E-state index >= 15 is 0 Å². The van der Waals surface area contributed by atoms with Gasteiger partial charge >= 0.3 is 6.18 Å². The quantitative estimate of drug-likeness (QED) is 0.214. The van der Waals surface area contributed by atoms with Gasteiger partial charge in [0.1, 0.15) is 17.8 Å². The first-order valence-corrected chi connectivity index (χ1v) is 14.1. The molecule has 3 aromatic heterocycles. The van der Waals surface area contributed by atoms with E-state index < -0.39 is 18.2 Å². The van der Waals surface area contributed by atoms with E-state index in [1.54, 1.807) is 12.3 Å². The largest absolute Gasteiger partial charge is 0.469 e. The number of alkyl halides is 3. The summed E-state index contributed by atoms with van der Waals surface area (Å²) in [7, 11) is 0. The number of fused-ring (bicyclic) bond motifs is 1. The molecule has 1 aliphatic heterocycles. The SMILES string of the molecule is CCN(C#Cc1cc2cnc(Nc3ccc(C4CCCNC4)cc3)nc2n(Cc2ccoc2CC(F)(F)F)c1=O)CC. The Hall–Kier alpha value is -4.30. The molecule has 0 amide bonds. The molecule has 2 N–H and O–H groups in total. The van der Waals surface area contributed by atoms with Crippen LogP contribution in [0.4, 0.5) is 24.8 Å². The number of hydrogen-bond donors (Lipinski definition) is 2. The summed E-state index contributed by atoms with van der Waals surface area (Å²) in [5, 5.41) is 7.15. The number of benzene rings is 1. The normalized spacial score (nSPS) is 15.3. The Morgan fingerprint density at radius 3 is 2.67 bits per heavy atom. The molecule has 4 aromatic rings. The molecule has 1 fully saturated rings. The molecule has 11 heteroatoms. The van der Waals surface area contributed by atoms with Crippen LogP contribution in [0.3, 0.4) is 0 Å². The zero-order valence-corrected chi connectivity index (χ0v) is 23.6. The highest BCUT2D eigenvalue weighted by atomic mass is 19.4. The lowest BCUT2D eigenvalue weighted by Gasteiger charge is -2.23. The third-order valence-electron chi connectivity index (χ3n) is 7.40. The second-order valence-electron chi connectivity index (χ2n) is 10.3. The first-order valence-electron chi connectivity index (χ1n) is 14.1. The number of furan rings is 1. The zero-order valence-electron chi connectivity index (χ0n) is 23.6. The molecule has 1 unspecified atom stereocenters. The first-order chi connectivity index (χ1) is 20.2. The summed E-state index contributed by atoms with van der Waals surface area (Å²) in [5.41, 5.74) is 2.29. The topological polar surface area (TPSA) is 88.2 Å². The maximum Gasteiger partial charge on any atom is 0.396 e. The van der Waals surface area contributed by atoms with E-state index in [2.05, 4.69) is 44.7 Å². The summed E-state index contributed by atoms with van der Waals surface area (Å²) in [5.74, 6) is 3.41. The van der Waals surface area contributed by atoms with Crippen molar-refractivity contribution >= 4 is 22.7 Å². The molecule has 1 aromatic carbocycles. The molecular formula is C31H33F3N6O2. The lowest BCUT2D eigenvalue weighted by Crippen LogP contribution is -2.28. The van der Waals surface area contributed by atoms with E-state index in [1.807, 2.05) is 30.9 Å². The first kappa shape index (κ1) is 29.2. The fourth-order valence-corrected chi connectivity index (χ4v) is 5.10. The molecule has 0 spiro atoms. The standard InChI is InChI=1S/C31H33F3N6O2/c1-3-39(4-2)14-11-22-16-25-19-36-30(37-26-9-7-21(8-10-26)23-6-5-13-35-18-23)38-28(25)40(29(22)41)20-24-12-15-42-27(24)17-31(32,33)34/h7-10,12,15-16,19,23,35H,3-6,13,17-18,20H2,1-2H3,(H,36,37,38). The maximum atomic E-state index is 13.7. The average molecular weight is 579 g/mol. The van der Waals surface area contributed by atoms with Crippen LogP contribution in [0.2, 0.25) is 0 Å². The highest BCUT2D eigenvalue weighted by molar-refractivity contribution is 5.77. The van der Waals surface area contributed by atoms with Gasteiger partial charge in [-0.3, -0.25) is 9.36 Å². The Morgan fingerprint density at radius 1 is 1.19 bits per heavy atom. The predicted octanol–water partition coefficient (Wildman–Crippen LogP) is 5.40. The fourth-order valence-electron chi connectivity index (χ4n) is 5.10. The summed E-state index contributed by atoms with van der Waals surface area (Å²) in [4.78, 5) is 24.6. The molecule has 1 atom stereocenters. The molecule has 1 saturated heterocycles. The molecule has 8 nitrogen and oxygen atoms in total. The van der Waals surface area contributed by atoms with Crippen molar-refractivity contribution in [2.45, 2.75) is 51.7 Å². The van der Waals surface area contributed by atoms with Gasteiger partial charge < -0.3 is 20.0 Å². The zero-order chi connectivity index (χ0) is 29.7. The molecule has 1 aliphatic rings. The molecule has 4 heterocycles. The van der Waals surface area contributed by atoms with Crippen molar-refractivity contribution in [2.24, 2.45) is 0 Å². The lowest BCUT2D eigenvalue weighted by molar-refractivity contribution is -0.130. The van der Waals surface area contributed by atoms with E-state index in [9.17, 15) is 18.0 Å². The number of pyridine rings is 1. The van der Waals surface area contributed by atoms with Crippen LogP contribution in [0.15, 0.2) is 58.1 Å². The maximum absolute atomic E-state index is 13.7. The second-order valence-corrected chi connectivity index (χ2v) is 10.3. The van der Waals surface area contributed by atoms with Gasteiger partial charge in [-0.1, -0.05) is 12.1 Å². The lowest BCUT2D eigenvalue weighted by atomic mass is 9.92. The van der Waals surface area contributed by atoms with Crippen LogP contribution >= 0.6 is 0 Å². The Morgan fingerprint density at radius 2 is 1.98 bits per heavy atom. The number of aromatic nitrogens is 3. The molecule has 0 saturated carbocycles.